The number of ether oxygens (including phenoxy) is 6. The van der Waals surface area contributed by atoms with Gasteiger partial charge in [0.15, 0.2) is 0 Å². The highest BCUT2D eigenvalue weighted by Crippen LogP contribution is 2.19. The van der Waals surface area contributed by atoms with E-state index in [1.165, 1.54) is 0 Å². The lowest BCUT2D eigenvalue weighted by atomic mass is 10.2. The van der Waals surface area contributed by atoms with Crippen LogP contribution in [0.4, 0.5) is 9.59 Å². The Balaban J connectivity index is 1.11. The third-order valence-electron chi connectivity index (χ3n) is 4.48. The monoisotopic (exact) mass is 461 g/mol. The van der Waals surface area contributed by atoms with Crippen LogP contribution in [0.2, 0.25) is 0 Å². The van der Waals surface area contributed by atoms with E-state index in [0.717, 1.165) is 24.3 Å². The average molecular weight is 461 g/mol. The fourth-order valence-corrected chi connectivity index (χ4v) is 3.05. The van der Waals surface area contributed by atoms with Gasteiger partial charge in [0.1, 0.15) is 50.1 Å². The highest BCUT2D eigenvalue weighted by Gasteiger charge is 2.23. The molecule has 2 heterocycles. The quantitative estimate of drug-likeness (QED) is 0.379. The number of benzene rings is 2. The highest BCUT2D eigenvalue weighted by molar-refractivity contribution is 7.55. The van der Waals surface area contributed by atoms with Crippen molar-refractivity contribution in [1.82, 2.24) is 5.09 Å². The van der Waals surface area contributed by atoms with E-state index in [4.69, 9.17) is 28.4 Å². The van der Waals surface area contributed by atoms with Crippen LogP contribution in [0.3, 0.4) is 0 Å². The zero-order chi connectivity index (χ0) is 22.2. The molecule has 0 aliphatic carbocycles. The molecule has 2 fully saturated rings. The maximum atomic E-state index is 11.9. The van der Waals surface area contributed by atoms with Gasteiger partial charge >= 0.3 is 11.8 Å². The van der Waals surface area contributed by atoms with E-state index in [9.17, 15) is 9.59 Å². The summed E-state index contributed by atoms with van der Waals surface area (Å²) < 4.78 is 31.8. The van der Waals surface area contributed by atoms with Crippen molar-refractivity contribution in [2.24, 2.45) is 0 Å². The van der Waals surface area contributed by atoms with Crippen molar-refractivity contribution in [2.75, 3.05) is 26.4 Å². The van der Waals surface area contributed by atoms with Gasteiger partial charge in [0, 0.05) is 0 Å². The van der Waals surface area contributed by atoms with Gasteiger partial charge < -0.3 is 28.4 Å². The van der Waals surface area contributed by atoms with Crippen molar-refractivity contribution in [3.05, 3.63) is 59.7 Å². The van der Waals surface area contributed by atoms with Crippen LogP contribution >= 0.6 is 8.73 Å². The Morgan fingerprint density at radius 1 is 0.875 bits per heavy atom. The summed E-state index contributed by atoms with van der Waals surface area (Å²) in [4.78, 5) is 23.8. The molecule has 1 amide bonds. The molecule has 0 spiro atoms. The Hall–Kier alpha value is -2.87. The van der Waals surface area contributed by atoms with Gasteiger partial charge in [-0.2, -0.15) is 0 Å². The number of hydrogen-bond acceptors (Lipinski definition) is 8. The van der Waals surface area contributed by atoms with Crippen molar-refractivity contribution < 1.29 is 38.0 Å². The second kappa shape index (κ2) is 11.1. The molecule has 3 atom stereocenters. The molecule has 0 bridgehead atoms. The van der Waals surface area contributed by atoms with E-state index in [-0.39, 0.29) is 25.4 Å². The zero-order valence-electron chi connectivity index (χ0n) is 17.3. The molecule has 2 aromatic rings. The number of carbonyl (C=O) groups excluding carboxylic acids is 2. The Bertz CT molecular complexity index is 856. The maximum absolute atomic E-state index is 11.9. The lowest BCUT2D eigenvalue weighted by Crippen LogP contribution is -2.18. The summed E-state index contributed by atoms with van der Waals surface area (Å²) in [7, 11) is -0.562. The molecule has 2 saturated heterocycles. The molecule has 10 heteroatoms. The SMILES string of the molecule is O=C(NPC(=O)OCc1cccc(OCC2CO2)c1)OCc1cccc(OCC2CO2)c1. The van der Waals surface area contributed by atoms with Crippen molar-refractivity contribution in [2.45, 2.75) is 25.4 Å². The van der Waals surface area contributed by atoms with Crippen LogP contribution in [0.5, 0.6) is 11.5 Å². The lowest BCUT2D eigenvalue weighted by molar-refractivity contribution is 0.145. The van der Waals surface area contributed by atoms with Crippen molar-refractivity contribution >= 4 is 20.5 Å². The van der Waals surface area contributed by atoms with Gasteiger partial charge in [-0.05, 0) is 35.4 Å². The maximum Gasteiger partial charge on any atom is 0.411 e. The molecular weight excluding hydrogens is 437 g/mol. The summed E-state index contributed by atoms with van der Waals surface area (Å²) in [5.41, 5.74) is 1.02. The minimum atomic E-state index is -0.698. The largest absolute Gasteiger partial charge is 0.491 e. The number of amides is 1. The zero-order valence-corrected chi connectivity index (χ0v) is 18.3. The average Bonchev–Trinajstić information content (AvgIpc) is 3.73. The third kappa shape index (κ3) is 8.00. The summed E-state index contributed by atoms with van der Waals surface area (Å²) in [6.07, 6.45) is -0.361. The van der Waals surface area contributed by atoms with E-state index < -0.39 is 20.5 Å². The number of carbonyl (C=O) groups is 2. The molecule has 2 aliphatic heterocycles. The van der Waals surface area contributed by atoms with E-state index in [1.807, 2.05) is 36.4 Å². The Morgan fingerprint density at radius 3 is 1.94 bits per heavy atom. The van der Waals surface area contributed by atoms with Gasteiger partial charge in [0.25, 0.3) is 0 Å². The second-order valence-corrected chi connectivity index (χ2v) is 8.14. The highest BCUT2D eigenvalue weighted by atomic mass is 31.1. The van der Waals surface area contributed by atoms with Crippen LogP contribution in [0.15, 0.2) is 48.5 Å². The first-order chi connectivity index (χ1) is 15.6. The molecule has 9 nitrogen and oxygen atoms in total. The summed E-state index contributed by atoms with van der Waals surface area (Å²) in [6, 6.07) is 14.5. The van der Waals surface area contributed by atoms with E-state index in [0.29, 0.717) is 24.7 Å². The molecule has 0 aromatic heterocycles. The summed E-state index contributed by atoms with van der Waals surface area (Å²) in [6.45, 7) is 2.59. The first-order valence-electron chi connectivity index (χ1n) is 10.2. The molecule has 2 aromatic carbocycles. The minimum absolute atomic E-state index is 0.0567. The van der Waals surface area contributed by atoms with Crippen molar-refractivity contribution in [3.63, 3.8) is 0 Å². The van der Waals surface area contributed by atoms with Crippen molar-refractivity contribution in [1.29, 1.82) is 0 Å². The lowest BCUT2D eigenvalue weighted by Gasteiger charge is -2.10. The Kier molecular flexibility index (Phi) is 7.77. The predicted octanol–water partition coefficient (Wildman–Crippen LogP) is 3.40. The van der Waals surface area contributed by atoms with Gasteiger partial charge in [-0.3, -0.25) is 5.09 Å². The molecule has 4 rings (SSSR count). The van der Waals surface area contributed by atoms with Crippen LogP contribution in [0.25, 0.3) is 0 Å². The number of hydrogen-bond donors (Lipinski definition) is 1. The van der Waals surface area contributed by atoms with Gasteiger partial charge in [0.05, 0.1) is 21.9 Å². The van der Waals surface area contributed by atoms with E-state index in [1.54, 1.807) is 12.1 Å². The van der Waals surface area contributed by atoms with Gasteiger partial charge in [-0.15, -0.1) is 0 Å². The topological polar surface area (TPSA) is 108 Å². The molecule has 0 radical (unpaired) electrons. The molecule has 32 heavy (non-hydrogen) atoms. The van der Waals surface area contributed by atoms with Gasteiger partial charge in [0.2, 0.25) is 0 Å². The standard InChI is InChI=1S/C22H24NO8P/c24-21(30-9-15-3-1-5-17(7-15)26-11-19-13-28-19)23-32-22(25)31-10-16-4-2-6-18(8-16)27-12-20-14-29-20/h1-8,19-20,32H,9-14H2,(H,23,24). The third-order valence-corrected chi connectivity index (χ3v) is 5.16. The molecule has 170 valence electrons. The summed E-state index contributed by atoms with van der Waals surface area (Å²) in [5.74, 6) is 1.37. The van der Waals surface area contributed by atoms with Crippen LogP contribution in [0, 0.1) is 0 Å². The smallest absolute Gasteiger partial charge is 0.411 e. The molecule has 3 unspecified atom stereocenters. The first-order valence-corrected chi connectivity index (χ1v) is 11.2. The van der Waals surface area contributed by atoms with Crippen LogP contribution in [-0.2, 0) is 32.2 Å². The Labute approximate surface area is 187 Å². The molecule has 2 aliphatic rings. The summed E-state index contributed by atoms with van der Waals surface area (Å²) in [5, 5.41) is 2.41. The van der Waals surface area contributed by atoms with Gasteiger partial charge in [-0.1, -0.05) is 24.3 Å². The minimum Gasteiger partial charge on any atom is -0.491 e. The number of epoxide rings is 2. The van der Waals surface area contributed by atoms with Crippen LogP contribution in [-0.4, -0.2) is 50.4 Å². The second-order valence-electron chi connectivity index (χ2n) is 7.23. The van der Waals surface area contributed by atoms with Crippen LogP contribution in [0.1, 0.15) is 11.1 Å². The fourth-order valence-electron chi connectivity index (χ4n) is 2.63. The fraction of sp³-hybridized carbons (Fsp3) is 0.364. The van der Waals surface area contributed by atoms with Gasteiger partial charge in [-0.25, -0.2) is 9.59 Å². The van der Waals surface area contributed by atoms with E-state index in [2.05, 4.69) is 5.09 Å². The van der Waals surface area contributed by atoms with E-state index >= 15 is 0 Å². The van der Waals surface area contributed by atoms with Crippen molar-refractivity contribution in [3.8, 4) is 11.5 Å². The molecular formula is C22H24NO8P. The molecule has 1 N–H and O–H groups in total. The Morgan fingerprint density at radius 2 is 1.41 bits per heavy atom. The number of nitrogens with one attached hydrogen (secondary N) is 1. The first kappa shape index (κ1) is 22.3. The summed E-state index contributed by atoms with van der Waals surface area (Å²) >= 11 is 0. The normalized spacial score (nSPS) is 18.8. The number of rotatable bonds is 12. The van der Waals surface area contributed by atoms with Crippen LogP contribution < -0.4 is 14.6 Å². The predicted molar refractivity (Wildman–Crippen MR) is 115 cm³/mol. The molecule has 0 saturated carbocycles.